The van der Waals surface area contributed by atoms with Crippen LogP contribution in [-0.4, -0.2) is 19.3 Å². The number of furan rings is 1. The molecular formula is C55H40N4O2Pt. The number of ether oxygens (including phenoxy) is 1. The van der Waals surface area contributed by atoms with Crippen molar-refractivity contribution >= 4 is 43.7 Å². The van der Waals surface area contributed by atoms with E-state index in [0.29, 0.717) is 22.8 Å². The third-order valence-electron chi connectivity index (χ3n) is 11.6. The first kappa shape index (κ1) is 39.1. The smallest absolute Gasteiger partial charge is 0.508 e. The normalized spacial score (nSPS) is 11.5. The van der Waals surface area contributed by atoms with Crippen LogP contribution in [0.1, 0.15) is 27.8 Å². The summed E-state index contributed by atoms with van der Waals surface area (Å²) < 4.78 is 17.7. The predicted octanol–water partition coefficient (Wildman–Crippen LogP) is 14.2. The van der Waals surface area contributed by atoms with Crippen molar-refractivity contribution in [2.75, 3.05) is 0 Å². The number of aryl methyl sites for hydroxylation is 5. The minimum absolute atomic E-state index is 0. The maximum absolute atomic E-state index is 6.98. The quantitative estimate of drug-likeness (QED) is 0.149. The monoisotopic (exact) mass is 983 g/mol. The molecule has 0 atom stereocenters. The molecule has 0 aliphatic heterocycles. The molecule has 62 heavy (non-hydrogen) atoms. The van der Waals surface area contributed by atoms with Gasteiger partial charge in [0.2, 0.25) is 0 Å². The van der Waals surface area contributed by atoms with Gasteiger partial charge in [-0.05, 0) is 121 Å². The van der Waals surface area contributed by atoms with E-state index in [9.17, 15) is 0 Å². The van der Waals surface area contributed by atoms with Crippen molar-refractivity contribution in [1.29, 1.82) is 0 Å². The predicted molar refractivity (Wildman–Crippen MR) is 247 cm³/mol. The topological polar surface area (TPSA) is 58.0 Å². The number of fused-ring (bicyclic) bond motifs is 6. The number of aromatic nitrogens is 4. The molecule has 7 heteroatoms. The van der Waals surface area contributed by atoms with Gasteiger partial charge in [0.25, 0.3) is 0 Å². The molecule has 6 nitrogen and oxygen atoms in total. The van der Waals surface area contributed by atoms with E-state index in [-0.39, 0.29) is 21.1 Å². The van der Waals surface area contributed by atoms with E-state index in [0.717, 1.165) is 77.6 Å². The molecule has 0 unspecified atom stereocenters. The van der Waals surface area contributed by atoms with E-state index >= 15 is 0 Å². The molecule has 302 valence electrons. The van der Waals surface area contributed by atoms with E-state index in [4.69, 9.17) is 19.2 Å². The third kappa shape index (κ3) is 6.72. The second kappa shape index (κ2) is 15.5. The van der Waals surface area contributed by atoms with Crippen molar-refractivity contribution < 1.29 is 30.2 Å². The zero-order valence-electron chi connectivity index (χ0n) is 34.9. The van der Waals surface area contributed by atoms with Crippen LogP contribution in [0.4, 0.5) is 0 Å². The fourth-order valence-electron chi connectivity index (χ4n) is 9.06. The molecule has 0 N–H and O–H groups in total. The minimum Gasteiger partial charge on any atom is -0.508 e. The maximum Gasteiger partial charge on any atom is 2.00 e. The molecule has 0 saturated carbocycles. The Labute approximate surface area is 374 Å². The van der Waals surface area contributed by atoms with Crippen LogP contribution in [0, 0.1) is 46.8 Å². The largest absolute Gasteiger partial charge is 2.00 e. The summed E-state index contributed by atoms with van der Waals surface area (Å²) in [7, 11) is 0. The molecule has 0 bridgehead atoms. The fraction of sp³-hybridized carbons (Fsp3) is 0.0909. The summed E-state index contributed by atoms with van der Waals surface area (Å²) in [6, 6.07) is 57.8. The van der Waals surface area contributed by atoms with E-state index in [1.807, 2.05) is 41.2 Å². The van der Waals surface area contributed by atoms with Crippen LogP contribution >= 0.6 is 0 Å². The van der Waals surface area contributed by atoms with Crippen LogP contribution in [0.5, 0.6) is 11.5 Å². The van der Waals surface area contributed by atoms with Crippen molar-refractivity contribution in [2.45, 2.75) is 34.6 Å². The van der Waals surface area contributed by atoms with Gasteiger partial charge in [0, 0.05) is 39.9 Å². The Morgan fingerprint density at radius 3 is 2.10 bits per heavy atom. The van der Waals surface area contributed by atoms with Crippen molar-refractivity contribution in [3.05, 3.63) is 192 Å². The molecule has 0 radical (unpaired) electrons. The van der Waals surface area contributed by atoms with Gasteiger partial charge in [0.15, 0.2) is 0 Å². The zero-order valence-corrected chi connectivity index (χ0v) is 37.1. The van der Waals surface area contributed by atoms with E-state index < -0.39 is 0 Å². The molecule has 11 rings (SSSR count). The summed E-state index contributed by atoms with van der Waals surface area (Å²) in [4.78, 5) is 4.95. The van der Waals surface area contributed by atoms with Gasteiger partial charge in [-0.2, -0.15) is 11.2 Å². The Hall–Kier alpha value is -7.01. The number of nitrogens with zero attached hydrogens (tertiary/aromatic N) is 4. The molecule has 11 aromatic rings. The molecule has 7 aromatic carbocycles. The second-order valence-corrected chi connectivity index (χ2v) is 16.1. The van der Waals surface area contributed by atoms with Crippen LogP contribution in [0.15, 0.2) is 156 Å². The molecule has 0 spiro atoms. The molecule has 0 aliphatic rings. The molecular weight excluding hydrogens is 944 g/mol. The first-order valence-electron chi connectivity index (χ1n) is 20.6. The number of rotatable bonds is 7. The van der Waals surface area contributed by atoms with Gasteiger partial charge in [0.1, 0.15) is 11.4 Å². The summed E-state index contributed by atoms with van der Waals surface area (Å²) in [5, 5.41) is 9.16. The molecule has 0 fully saturated rings. The van der Waals surface area contributed by atoms with Crippen molar-refractivity contribution in [3.8, 4) is 56.6 Å². The van der Waals surface area contributed by atoms with Gasteiger partial charge < -0.3 is 13.7 Å². The van der Waals surface area contributed by atoms with E-state index in [2.05, 4.69) is 167 Å². The van der Waals surface area contributed by atoms with Crippen molar-refractivity contribution in [3.63, 3.8) is 0 Å². The van der Waals surface area contributed by atoms with Gasteiger partial charge in [0.05, 0.1) is 11.4 Å². The van der Waals surface area contributed by atoms with E-state index in [1.54, 1.807) is 0 Å². The standard InChI is InChI=1S/C55H40N4O2.Pt/c1-33-12-10-14-38(26-33)46-32-48(39-15-11-13-34(2)27-39)59(57-46)41-29-51(55-45-17-7-9-19-50(45)61-52(55)30-41)60-42-20-21-44-43-16-6-8-18-47(43)58(49(44)31-42)53-28-40(22-23-56-53)54-36(4)24-35(3)25-37(54)5;/h6-28,30,32H,1-5H3;/q-2;+2. The van der Waals surface area contributed by atoms with Crippen molar-refractivity contribution in [2.24, 2.45) is 0 Å². The van der Waals surface area contributed by atoms with Crippen molar-refractivity contribution in [1.82, 2.24) is 19.3 Å². The number of benzene rings is 7. The zero-order chi connectivity index (χ0) is 41.4. The number of pyridine rings is 1. The maximum atomic E-state index is 6.98. The summed E-state index contributed by atoms with van der Waals surface area (Å²) in [5.41, 5.74) is 16.3. The van der Waals surface area contributed by atoms with Crippen LogP contribution in [0.3, 0.4) is 0 Å². The average molecular weight is 984 g/mol. The summed E-state index contributed by atoms with van der Waals surface area (Å²) >= 11 is 0. The third-order valence-corrected chi connectivity index (χ3v) is 11.6. The van der Waals surface area contributed by atoms with Gasteiger partial charge in [-0.1, -0.05) is 107 Å². The van der Waals surface area contributed by atoms with Crippen LogP contribution in [0.25, 0.3) is 88.9 Å². The summed E-state index contributed by atoms with van der Waals surface area (Å²) in [6.07, 6.45) is 1.90. The van der Waals surface area contributed by atoms with Crippen LogP contribution in [-0.2, 0) is 21.1 Å². The molecule has 0 amide bonds. The minimum atomic E-state index is 0. The first-order chi connectivity index (χ1) is 29.8. The SMILES string of the molecule is Cc1cccc(-c2cc(-c3cccc(C)c3)n(-c3[c-]c(Oc4[c-]c5c(cc4)c4ccccc4n5-c4cc(-c5c(C)cc(C)cc5C)ccn4)c4c(c3)oc3ccccc34)n2)c1.[Pt+2]. The molecule has 0 aliphatic carbocycles. The van der Waals surface area contributed by atoms with Gasteiger partial charge in [-0.15, -0.1) is 29.7 Å². The Bertz CT molecular complexity index is 3510. The number of hydrogen-bond acceptors (Lipinski definition) is 4. The first-order valence-corrected chi connectivity index (χ1v) is 20.6. The summed E-state index contributed by atoms with van der Waals surface area (Å²) in [6.45, 7) is 10.7. The van der Waals surface area contributed by atoms with Gasteiger partial charge >= 0.3 is 21.1 Å². The van der Waals surface area contributed by atoms with Crippen LogP contribution < -0.4 is 4.74 Å². The second-order valence-electron chi connectivity index (χ2n) is 16.1. The Morgan fingerprint density at radius 2 is 1.31 bits per heavy atom. The Morgan fingerprint density at radius 1 is 0.581 bits per heavy atom. The molecule has 4 aromatic heterocycles. The fourth-order valence-corrected chi connectivity index (χ4v) is 9.06. The number of para-hydroxylation sites is 2. The average Bonchev–Trinajstić information content (AvgIpc) is 3.96. The van der Waals surface area contributed by atoms with E-state index in [1.165, 1.54) is 27.8 Å². The molecule has 0 saturated heterocycles. The summed E-state index contributed by atoms with van der Waals surface area (Å²) in [5.74, 6) is 1.86. The van der Waals surface area contributed by atoms with Gasteiger partial charge in [-0.25, -0.2) is 4.98 Å². The van der Waals surface area contributed by atoms with Crippen LogP contribution in [0.2, 0.25) is 0 Å². The number of hydrogen-bond donors (Lipinski definition) is 0. The Balaban J connectivity index is 0.00000458. The Kier molecular flexibility index (Phi) is 9.77. The molecule has 4 heterocycles. The van der Waals surface area contributed by atoms with Gasteiger partial charge in [-0.3, -0.25) is 4.68 Å².